The Bertz CT molecular complexity index is 508. The minimum absolute atomic E-state index is 0.247. The molecule has 8 nitrogen and oxygen atoms in total. The number of ether oxygens (including phenoxy) is 1. The highest BCUT2D eigenvalue weighted by atomic mass is 16.6. The highest BCUT2D eigenvalue weighted by Crippen LogP contribution is 2.27. The van der Waals surface area contributed by atoms with Crippen LogP contribution in [0.25, 0.3) is 0 Å². The number of nitro groups is 1. The monoisotopic (exact) mass is 280 g/mol. The Morgan fingerprint density at radius 2 is 2.50 bits per heavy atom. The van der Waals surface area contributed by atoms with E-state index in [0.29, 0.717) is 25.3 Å². The maximum absolute atomic E-state index is 12.0. The molecule has 1 aromatic rings. The smallest absolute Gasteiger partial charge is 0.387 e. The van der Waals surface area contributed by atoms with Crippen LogP contribution in [0, 0.1) is 10.1 Å². The Labute approximate surface area is 115 Å². The summed E-state index contributed by atoms with van der Waals surface area (Å²) >= 11 is 0. The highest BCUT2D eigenvalue weighted by Gasteiger charge is 2.33. The number of esters is 1. The van der Waals surface area contributed by atoms with E-state index in [4.69, 9.17) is 4.74 Å². The summed E-state index contributed by atoms with van der Waals surface area (Å²) in [7, 11) is 0. The minimum atomic E-state index is -0.577. The van der Waals surface area contributed by atoms with Crippen LogP contribution in [0.15, 0.2) is 18.3 Å². The van der Waals surface area contributed by atoms with Crippen molar-refractivity contribution in [1.29, 1.82) is 0 Å². The molecule has 1 fully saturated rings. The van der Waals surface area contributed by atoms with Gasteiger partial charge in [0.2, 0.25) is 0 Å². The second-order valence-electron chi connectivity index (χ2n) is 4.27. The van der Waals surface area contributed by atoms with Gasteiger partial charge in [0.15, 0.2) is 0 Å². The summed E-state index contributed by atoms with van der Waals surface area (Å²) in [4.78, 5) is 27.9. The first kappa shape index (κ1) is 14.2. The zero-order valence-corrected chi connectivity index (χ0v) is 11.1. The third kappa shape index (κ3) is 2.85. The third-order valence-corrected chi connectivity index (χ3v) is 3.05. The van der Waals surface area contributed by atoms with Crippen LogP contribution in [0.1, 0.15) is 6.92 Å². The molecule has 1 aliphatic heterocycles. The maximum Gasteiger partial charge on any atom is 0.387 e. The Hall–Kier alpha value is -2.22. The summed E-state index contributed by atoms with van der Waals surface area (Å²) < 4.78 is 5.02. The molecule has 0 aromatic carbocycles. The molecule has 0 radical (unpaired) electrons. The summed E-state index contributed by atoms with van der Waals surface area (Å²) in [5, 5.41) is 14.1. The summed E-state index contributed by atoms with van der Waals surface area (Å²) in [6.07, 6.45) is 1.36. The number of anilines is 1. The number of carbonyl (C=O) groups is 1. The zero-order valence-electron chi connectivity index (χ0n) is 11.1. The van der Waals surface area contributed by atoms with E-state index in [1.54, 1.807) is 24.0 Å². The van der Waals surface area contributed by atoms with Crippen molar-refractivity contribution in [3.05, 3.63) is 28.4 Å². The van der Waals surface area contributed by atoms with Crippen molar-refractivity contribution >= 4 is 17.5 Å². The molecule has 2 rings (SSSR count). The van der Waals surface area contributed by atoms with E-state index in [0.717, 1.165) is 0 Å². The van der Waals surface area contributed by atoms with Crippen LogP contribution in [-0.2, 0) is 9.53 Å². The molecule has 1 unspecified atom stereocenters. The highest BCUT2D eigenvalue weighted by molar-refractivity contribution is 5.82. The molecular formula is C12H16N4O4. The van der Waals surface area contributed by atoms with Gasteiger partial charge in [0.05, 0.1) is 6.61 Å². The van der Waals surface area contributed by atoms with E-state index >= 15 is 0 Å². The van der Waals surface area contributed by atoms with Crippen LogP contribution < -0.4 is 10.2 Å². The van der Waals surface area contributed by atoms with Gasteiger partial charge in [-0.1, -0.05) is 0 Å². The quantitative estimate of drug-likeness (QED) is 0.482. The Balaban J connectivity index is 2.33. The molecule has 0 aliphatic carbocycles. The fourth-order valence-corrected chi connectivity index (χ4v) is 2.20. The van der Waals surface area contributed by atoms with Gasteiger partial charge < -0.3 is 25.1 Å². The van der Waals surface area contributed by atoms with Crippen molar-refractivity contribution < 1.29 is 14.5 Å². The van der Waals surface area contributed by atoms with Gasteiger partial charge in [-0.15, -0.1) is 0 Å². The summed E-state index contributed by atoms with van der Waals surface area (Å²) in [5.74, 6) is -0.637. The molecule has 0 bridgehead atoms. The van der Waals surface area contributed by atoms with Gasteiger partial charge in [0, 0.05) is 19.6 Å². The van der Waals surface area contributed by atoms with Crippen molar-refractivity contribution in [3.63, 3.8) is 0 Å². The average Bonchev–Trinajstić information content (AvgIpc) is 2.47. The number of nitrogens with one attached hydrogen (secondary N) is 1. The van der Waals surface area contributed by atoms with E-state index in [-0.39, 0.29) is 12.4 Å². The van der Waals surface area contributed by atoms with E-state index in [2.05, 4.69) is 10.3 Å². The first-order valence-corrected chi connectivity index (χ1v) is 6.38. The van der Waals surface area contributed by atoms with Crippen LogP contribution in [0.5, 0.6) is 0 Å². The molecule has 0 saturated carbocycles. The Kier molecular flexibility index (Phi) is 4.46. The second-order valence-corrected chi connectivity index (χ2v) is 4.27. The lowest BCUT2D eigenvalue weighted by atomic mass is 10.1. The molecule has 8 heteroatoms. The van der Waals surface area contributed by atoms with E-state index in [1.165, 1.54) is 6.20 Å². The topological polar surface area (TPSA) is 97.6 Å². The fraction of sp³-hybridized carbons (Fsp3) is 0.500. The lowest BCUT2D eigenvalue weighted by Crippen LogP contribution is -2.55. The maximum atomic E-state index is 12.0. The van der Waals surface area contributed by atoms with Gasteiger partial charge in [-0.3, -0.25) is 0 Å². The predicted octanol–water partition coefficient (Wildman–Crippen LogP) is 0.331. The number of carbonyl (C=O) groups excluding carboxylic acids is 1. The molecule has 1 atom stereocenters. The third-order valence-electron chi connectivity index (χ3n) is 3.05. The first-order chi connectivity index (χ1) is 9.65. The van der Waals surface area contributed by atoms with Crippen LogP contribution in [0.4, 0.5) is 11.5 Å². The summed E-state index contributed by atoms with van der Waals surface area (Å²) in [5.41, 5.74) is 0.344. The van der Waals surface area contributed by atoms with Gasteiger partial charge >= 0.3 is 11.8 Å². The van der Waals surface area contributed by atoms with Crippen LogP contribution in [-0.4, -0.2) is 48.2 Å². The summed E-state index contributed by atoms with van der Waals surface area (Å²) in [6, 6.07) is 2.64. The predicted molar refractivity (Wildman–Crippen MR) is 71.5 cm³/mol. The van der Waals surface area contributed by atoms with Crippen molar-refractivity contribution in [2.45, 2.75) is 13.0 Å². The van der Waals surface area contributed by atoms with Gasteiger partial charge in [-0.25, -0.2) is 4.79 Å². The van der Waals surface area contributed by atoms with E-state index in [1.807, 2.05) is 0 Å². The number of piperazine rings is 1. The number of nitrogens with zero attached hydrogens (tertiary/aromatic N) is 3. The molecule has 1 aromatic heterocycles. The van der Waals surface area contributed by atoms with Gasteiger partial charge in [-0.2, -0.15) is 0 Å². The number of rotatable bonds is 4. The molecule has 0 amide bonds. The molecule has 0 spiro atoms. The van der Waals surface area contributed by atoms with Crippen molar-refractivity contribution in [1.82, 2.24) is 10.3 Å². The number of hydrogen-bond donors (Lipinski definition) is 1. The minimum Gasteiger partial charge on any atom is -0.464 e. The van der Waals surface area contributed by atoms with Gasteiger partial charge in [0.25, 0.3) is 0 Å². The van der Waals surface area contributed by atoms with Crippen LogP contribution >= 0.6 is 0 Å². The molecule has 20 heavy (non-hydrogen) atoms. The zero-order chi connectivity index (χ0) is 14.5. The summed E-state index contributed by atoms with van der Waals surface area (Å²) in [6.45, 7) is 3.52. The molecule has 108 valence electrons. The van der Waals surface area contributed by atoms with E-state index in [9.17, 15) is 14.9 Å². The Morgan fingerprint density at radius 3 is 3.20 bits per heavy atom. The normalized spacial score (nSPS) is 18.6. The van der Waals surface area contributed by atoms with E-state index < -0.39 is 16.9 Å². The average molecular weight is 280 g/mol. The standard InChI is InChI=1S/C12H16N4O4/c1-2-20-12(17)10-8-13-6-7-15(10)9-4-3-5-14-11(9)16(18)19/h3-5,10,13H,2,6-8H2,1H3. The van der Waals surface area contributed by atoms with Crippen LogP contribution in [0.3, 0.4) is 0 Å². The SMILES string of the molecule is CCOC(=O)C1CNCCN1c1cccnc1[N+](=O)[O-]. The van der Waals surface area contributed by atoms with Crippen molar-refractivity contribution in [2.75, 3.05) is 31.1 Å². The first-order valence-electron chi connectivity index (χ1n) is 6.38. The molecule has 1 N–H and O–H groups in total. The van der Waals surface area contributed by atoms with Gasteiger partial charge in [-0.05, 0) is 29.0 Å². The van der Waals surface area contributed by atoms with Crippen molar-refractivity contribution in [3.8, 4) is 0 Å². The molecule has 1 aliphatic rings. The fourth-order valence-electron chi connectivity index (χ4n) is 2.20. The molecule has 2 heterocycles. The lowest BCUT2D eigenvalue weighted by molar-refractivity contribution is -0.388. The molecule has 1 saturated heterocycles. The Morgan fingerprint density at radius 1 is 1.70 bits per heavy atom. The number of hydrogen-bond acceptors (Lipinski definition) is 7. The second kappa shape index (κ2) is 6.29. The number of aromatic nitrogens is 1. The molecular weight excluding hydrogens is 264 g/mol. The van der Waals surface area contributed by atoms with Crippen molar-refractivity contribution in [2.24, 2.45) is 0 Å². The number of pyridine rings is 1. The lowest BCUT2D eigenvalue weighted by Gasteiger charge is -2.35. The van der Waals surface area contributed by atoms with Gasteiger partial charge in [0.1, 0.15) is 17.9 Å². The largest absolute Gasteiger partial charge is 0.464 e. The van der Waals surface area contributed by atoms with Crippen LogP contribution in [0.2, 0.25) is 0 Å².